The van der Waals surface area contributed by atoms with Gasteiger partial charge in [-0.2, -0.15) is 0 Å². The third-order valence-electron chi connectivity index (χ3n) is 4.55. The van der Waals surface area contributed by atoms with Crippen LogP contribution in [0.15, 0.2) is 24.3 Å². The molecule has 112 valence electrons. The molecule has 1 amide bonds. The van der Waals surface area contributed by atoms with Crippen LogP contribution in [0.5, 0.6) is 0 Å². The molecule has 1 aromatic carbocycles. The zero-order valence-corrected chi connectivity index (χ0v) is 12.3. The first-order chi connectivity index (χ1) is 10.1. The first-order valence-corrected chi connectivity index (χ1v) is 7.72. The number of esters is 1. The highest BCUT2D eigenvalue weighted by molar-refractivity contribution is 5.95. The molecule has 1 fully saturated rings. The molecule has 4 heteroatoms. The first-order valence-electron chi connectivity index (χ1n) is 7.72. The number of hydrogen-bond acceptors (Lipinski definition) is 3. The number of nitrogens with one attached hydrogen (secondary N) is 1. The summed E-state index contributed by atoms with van der Waals surface area (Å²) in [7, 11) is 0. The van der Waals surface area contributed by atoms with Crippen LogP contribution >= 0.6 is 0 Å². The molecule has 21 heavy (non-hydrogen) atoms. The van der Waals surface area contributed by atoms with Gasteiger partial charge in [0.25, 0.3) is 5.91 Å². The van der Waals surface area contributed by atoms with Crippen molar-refractivity contribution in [2.24, 2.45) is 5.92 Å². The smallest absolute Gasteiger partial charge is 0.339 e. The predicted octanol–water partition coefficient (Wildman–Crippen LogP) is 2.46. The maximum Gasteiger partial charge on any atom is 0.339 e. The van der Waals surface area contributed by atoms with Gasteiger partial charge in [-0.25, -0.2) is 4.79 Å². The fraction of sp³-hybridized carbons (Fsp3) is 0.529. The van der Waals surface area contributed by atoms with E-state index >= 15 is 0 Å². The fourth-order valence-corrected chi connectivity index (χ4v) is 3.18. The Bertz CT molecular complexity index is 547. The van der Waals surface area contributed by atoms with E-state index in [4.69, 9.17) is 4.74 Å². The number of cyclic esters (lactones) is 1. The van der Waals surface area contributed by atoms with Crippen molar-refractivity contribution in [3.05, 3.63) is 35.4 Å². The van der Waals surface area contributed by atoms with E-state index in [0.717, 1.165) is 37.2 Å². The van der Waals surface area contributed by atoms with Crippen LogP contribution in [0.25, 0.3) is 0 Å². The third kappa shape index (κ3) is 3.09. The van der Waals surface area contributed by atoms with Crippen LogP contribution in [0.2, 0.25) is 0 Å². The van der Waals surface area contributed by atoms with E-state index in [1.807, 2.05) is 18.2 Å². The molecule has 1 aliphatic carbocycles. The molecule has 1 aliphatic heterocycles. The average molecular weight is 287 g/mol. The van der Waals surface area contributed by atoms with Gasteiger partial charge < -0.3 is 10.1 Å². The van der Waals surface area contributed by atoms with Gasteiger partial charge >= 0.3 is 5.97 Å². The Morgan fingerprint density at radius 2 is 1.90 bits per heavy atom. The molecule has 4 nitrogen and oxygen atoms in total. The van der Waals surface area contributed by atoms with Crippen molar-refractivity contribution >= 4 is 11.9 Å². The van der Waals surface area contributed by atoms with E-state index in [9.17, 15) is 9.59 Å². The Morgan fingerprint density at radius 3 is 2.67 bits per heavy atom. The second kappa shape index (κ2) is 5.88. The number of carbonyl (C=O) groups excluding carboxylic acids is 2. The van der Waals surface area contributed by atoms with Gasteiger partial charge in [0, 0.05) is 12.5 Å². The monoisotopic (exact) mass is 287 g/mol. The molecule has 0 unspecified atom stereocenters. The second-order valence-corrected chi connectivity index (χ2v) is 6.22. The van der Waals surface area contributed by atoms with Gasteiger partial charge in [-0.15, -0.1) is 0 Å². The number of benzene rings is 1. The molecular formula is C17H21NO3. The van der Waals surface area contributed by atoms with Crippen molar-refractivity contribution in [1.82, 2.24) is 5.32 Å². The minimum Gasteiger partial charge on any atom is -0.448 e. The van der Waals surface area contributed by atoms with Gasteiger partial charge in [-0.1, -0.05) is 25.1 Å². The highest BCUT2D eigenvalue weighted by Gasteiger charge is 2.32. The molecule has 1 N–H and O–H groups in total. The maximum absolute atomic E-state index is 12.3. The van der Waals surface area contributed by atoms with Gasteiger partial charge in [-0.05, 0) is 43.2 Å². The maximum atomic E-state index is 12.3. The predicted molar refractivity (Wildman–Crippen MR) is 78.9 cm³/mol. The number of carbonyl (C=O) groups is 2. The van der Waals surface area contributed by atoms with E-state index in [1.165, 1.54) is 0 Å². The molecule has 0 bridgehead atoms. The zero-order valence-electron chi connectivity index (χ0n) is 12.3. The molecule has 0 spiro atoms. The largest absolute Gasteiger partial charge is 0.448 e. The summed E-state index contributed by atoms with van der Waals surface area (Å²) >= 11 is 0. The molecular weight excluding hydrogens is 266 g/mol. The summed E-state index contributed by atoms with van der Waals surface area (Å²) in [5.74, 6) is 0.198. The van der Waals surface area contributed by atoms with E-state index in [2.05, 4.69) is 12.2 Å². The lowest BCUT2D eigenvalue weighted by atomic mass is 9.87. The molecule has 0 aromatic heterocycles. The van der Waals surface area contributed by atoms with Crippen molar-refractivity contribution in [2.45, 2.75) is 51.2 Å². The summed E-state index contributed by atoms with van der Waals surface area (Å²) in [5, 5.41) is 3.04. The van der Waals surface area contributed by atoms with Crippen molar-refractivity contribution in [3.8, 4) is 0 Å². The number of amides is 1. The van der Waals surface area contributed by atoms with Crippen LogP contribution in [-0.2, 0) is 16.0 Å². The molecule has 3 rings (SSSR count). The van der Waals surface area contributed by atoms with Crippen molar-refractivity contribution in [2.75, 3.05) is 0 Å². The van der Waals surface area contributed by atoms with Crippen LogP contribution in [0.1, 0.15) is 48.5 Å². The Hall–Kier alpha value is -1.84. The standard InChI is InChI=1S/C17H21NO3/c1-11-6-8-13(9-7-11)18-16(19)15-10-12-4-2-3-5-14(12)17(20)21-15/h2-5,11,13,15H,6-10H2,1H3,(H,18,19)/t11?,13?,15-/m1/s1. The Balaban J connectivity index is 1.63. The lowest BCUT2D eigenvalue weighted by Crippen LogP contribution is -2.46. The summed E-state index contributed by atoms with van der Waals surface area (Å²) in [5.41, 5.74) is 1.47. The topological polar surface area (TPSA) is 55.4 Å². The van der Waals surface area contributed by atoms with Crippen molar-refractivity contribution in [1.29, 1.82) is 0 Å². The van der Waals surface area contributed by atoms with Gasteiger partial charge in [0.05, 0.1) is 5.56 Å². The summed E-state index contributed by atoms with van der Waals surface area (Å²) in [6.07, 6.45) is 4.12. The highest BCUT2D eigenvalue weighted by atomic mass is 16.5. The normalized spacial score (nSPS) is 28.4. The second-order valence-electron chi connectivity index (χ2n) is 6.22. The Labute approximate surface area is 124 Å². The van der Waals surface area contributed by atoms with E-state index < -0.39 is 12.1 Å². The summed E-state index contributed by atoms with van der Waals surface area (Å²) in [4.78, 5) is 24.2. The SMILES string of the molecule is CC1CCC(NC(=O)[C@H]2Cc3ccccc3C(=O)O2)CC1. The van der Waals surface area contributed by atoms with E-state index in [-0.39, 0.29) is 11.9 Å². The molecule has 1 atom stereocenters. The Kier molecular flexibility index (Phi) is 3.95. The third-order valence-corrected chi connectivity index (χ3v) is 4.55. The van der Waals surface area contributed by atoms with Crippen molar-refractivity contribution < 1.29 is 14.3 Å². The fourth-order valence-electron chi connectivity index (χ4n) is 3.18. The van der Waals surface area contributed by atoms with Gasteiger partial charge in [0.1, 0.15) is 0 Å². The Morgan fingerprint density at radius 1 is 1.19 bits per heavy atom. The lowest BCUT2D eigenvalue weighted by Gasteiger charge is -2.29. The summed E-state index contributed by atoms with van der Waals surface area (Å²) in [6, 6.07) is 7.55. The molecule has 0 radical (unpaired) electrons. The van der Waals surface area contributed by atoms with Crippen LogP contribution < -0.4 is 5.32 Å². The highest BCUT2D eigenvalue weighted by Crippen LogP contribution is 2.24. The van der Waals surface area contributed by atoms with Gasteiger partial charge in [-0.3, -0.25) is 4.79 Å². The quantitative estimate of drug-likeness (QED) is 0.850. The van der Waals surface area contributed by atoms with Crippen LogP contribution in [0, 0.1) is 5.92 Å². The molecule has 0 saturated heterocycles. The van der Waals surface area contributed by atoms with Crippen LogP contribution in [0.4, 0.5) is 0 Å². The van der Waals surface area contributed by atoms with E-state index in [0.29, 0.717) is 12.0 Å². The van der Waals surface area contributed by atoms with Gasteiger partial charge in [0.2, 0.25) is 0 Å². The molecule has 2 aliphatic rings. The molecule has 1 aromatic rings. The van der Waals surface area contributed by atoms with E-state index in [1.54, 1.807) is 6.07 Å². The van der Waals surface area contributed by atoms with Gasteiger partial charge in [0.15, 0.2) is 6.10 Å². The number of hydrogen-bond donors (Lipinski definition) is 1. The number of ether oxygens (including phenoxy) is 1. The molecule has 1 saturated carbocycles. The van der Waals surface area contributed by atoms with Crippen LogP contribution in [0.3, 0.4) is 0 Å². The number of rotatable bonds is 2. The number of fused-ring (bicyclic) bond motifs is 1. The first kappa shape index (κ1) is 14.1. The molecule has 1 heterocycles. The summed E-state index contributed by atoms with van der Waals surface area (Å²) < 4.78 is 5.29. The van der Waals surface area contributed by atoms with Crippen molar-refractivity contribution in [3.63, 3.8) is 0 Å². The summed E-state index contributed by atoms with van der Waals surface area (Å²) in [6.45, 7) is 2.25. The minimum atomic E-state index is -0.688. The minimum absolute atomic E-state index is 0.155. The lowest BCUT2D eigenvalue weighted by molar-refractivity contribution is -0.131. The zero-order chi connectivity index (χ0) is 14.8. The average Bonchev–Trinajstić information content (AvgIpc) is 2.49. The van der Waals surface area contributed by atoms with Crippen LogP contribution in [-0.4, -0.2) is 24.0 Å².